The van der Waals surface area contributed by atoms with Crippen molar-refractivity contribution in [3.8, 4) is 0 Å². The number of rotatable bonds is 13. The zero-order chi connectivity index (χ0) is 29.3. The van der Waals surface area contributed by atoms with Crippen molar-refractivity contribution in [1.29, 1.82) is 0 Å². The second kappa shape index (κ2) is 14.1. The third-order valence-corrected chi connectivity index (χ3v) is 7.86. The highest BCUT2D eigenvalue weighted by Crippen LogP contribution is 2.25. The van der Waals surface area contributed by atoms with Gasteiger partial charge < -0.3 is 10.2 Å². The molecule has 7 nitrogen and oxygen atoms in total. The summed E-state index contributed by atoms with van der Waals surface area (Å²) in [5.41, 5.74) is 4.30. The van der Waals surface area contributed by atoms with E-state index in [1.54, 1.807) is 4.90 Å². The van der Waals surface area contributed by atoms with E-state index in [-0.39, 0.29) is 37.4 Å². The topological polar surface area (TPSA) is 86.8 Å². The van der Waals surface area contributed by atoms with Crippen LogP contribution in [-0.4, -0.2) is 50.0 Å². The van der Waals surface area contributed by atoms with Crippen molar-refractivity contribution in [2.75, 3.05) is 17.1 Å². The molecule has 0 unspecified atom stereocenters. The van der Waals surface area contributed by atoms with Gasteiger partial charge in [0.2, 0.25) is 21.8 Å². The van der Waals surface area contributed by atoms with Crippen molar-refractivity contribution in [3.05, 3.63) is 101 Å². The van der Waals surface area contributed by atoms with Crippen LogP contribution in [-0.2, 0) is 32.6 Å². The molecule has 0 heterocycles. The normalized spacial score (nSPS) is 12.2. The van der Waals surface area contributed by atoms with Gasteiger partial charge in [-0.25, -0.2) is 8.42 Å². The van der Waals surface area contributed by atoms with E-state index in [2.05, 4.69) is 5.32 Å². The van der Waals surface area contributed by atoms with Crippen molar-refractivity contribution in [2.45, 2.75) is 65.6 Å². The first-order valence-electron chi connectivity index (χ1n) is 13.7. The number of anilines is 1. The highest BCUT2D eigenvalue weighted by atomic mass is 32.2. The van der Waals surface area contributed by atoms with Gasteiger partial charge in [-0.05, 0) is 62.4 Å². The molecule has 0 bridgehead atoms. The molecule has 214 valence electrons. The lowest BCUT2D eigenvalue weighted by Gasteiger charge is -2.32. The number of nitrogens with one attached hydrogen (secondary N) is 1. The summed E-state index contributed by atoms with van der Waals surface area (Å²) in [6.45, 7) is 8.03. The number of amides is 2. The van der Waals surface area contributed by atoms with E-state index in [9.17, 15) is 18.0 Å². The Kier molecular flexibility index (Phi) is 10.9. The minimum Gasteiger partial charge on any atom is -0.352 e. The summed E-state index contributed by atoms with van der Waals surface area (Å²) in [7, 11) is -3.56. The second-order valence-electron chi connectivity index (χ2n) is 10.6. The van der Waals surface area contributed by atoms with Crippen molar-refractivity contribution in [1.82, 2.24) is 10.2 Å². The molecule has 0 fully saturated rings. The molecule has 40 heavy (non-hydrogen) atoms. The summed E-state index contributed by atoms with van der Waals surface area (Å²) in [5, 5.41) is 2.99. The monoisotopic (exact) mass is 563 g/mol. The SMILES string of the molecule is Cc1ccc(C)c(N(CCCC(=O)N(Cc2ccccc2)[C@H](Cc2ccccc2)C(=O)NC(C)C)S(C)(=O)=O)c1. The Hall–Kier alpha value is -3.65. The number of hydrogen-bond donors (Lipinski definition) is 1. The molecule has 3 rings (SSSR count). The summed E-state index contributed by atoms with van der Waals surface area (Å²) >= 11 is 0. The molecular weight excluding hydrogens is 522 g/mol. The third kappa shape index (κ3) is 8.95. The van der Waals surface area contributed by atoms with Crippen LogP contribution in [0.25, 0.3) is 0 Å². The molecule has 2 amide bonds. The molecular formula is C32H41N3O4S. The quantitative estimate of drug-likeness (QED) is 0.317. The minimum absolute atomic E-state index is 0.0830. The summed E-state index contributed by atoms with van der Waals surface area (Å²) in [4.78, 5) is 28.9. The molecule has 0 aliphatic rings. The molecule has 3 aromatic carbocycles. The van der Waals surface area contributed by atoms with Crippen molar-refractivity contribution >= 4 is 27.5 Å². The number of carbonyl (C=O) groups excluding carboxylic acids is 2. The standard InChI is InChI=1S/C32H41N3O4S/c1-24(2)33-32(37)30(22-27-13-8-6-9-14-27)34(23-28-15-10-7-11-16-28)31(36)17-12-20-35(40(5,38)39)29-21-25(3)18-19-26(29)4/h6-11,13-16,18-19,21,24,30H,12,17,20,22-23H2,1-5H3,(H,33,37)/t30-/m1/s1. The lowest BCUT2D eigenvalue weighted by atomic mass is 10.0. The summed E-state index contributed by atoms with van der Waals surface area (Å²) in [5.74, 6) is -0.408. The summed E-state index contributed by atoms with van der Waals surface area (Å²) in [6, 6.07) is 24.2. The Bertz CT molecular complexity index is 1380. The molecule has 0 aromatic heterocycles. The van der Waals surface area contributed by atoms with Gasteiger partial charge in [0.15, 0.2) is 0 Å². The van der Waals surface area contributed by atoms with E-state index < -0.39 is 16.1 Å². The Morgan fingerprint density at radius 2 is 1.48 bits per heavy atom. The summed E-state index contributed by atoms with van der Waals surface area (Å²) < 4.78 is 26.8. The Labute approximate surface area is 239 Å². The zero-order valence-electron chi connectivity index (χ0n) is 24.1. The Morgan fingerprint density at radius 1 is 0.875 bits per heavy atom. The first kappa shape index (κ1) is 30.9. The lowest BCUT2D eigenvalue weighted by Crippen LogP contribution is -2.51. The highest BCUT2D eigenvalue weighted by molar-refractivity contribution is 7.92. The number of carbonyl (C=O) groups is 2. The van der Waals surface area contributed by atoms with Crippen LogP contribution in [0.1, 0.15) is 48.9 Å². The molecule has 0 saturated heterocycles. The van der Waals surface area contributed by atoms with Crippen LogP contribution in [0.5, 0.6) is 0 Å². The molecule has 3 aromatic rings. The Balaban J connectivity index is 1.88. The van der Waals surface area contributed by atoms with Crippen LogP contribution in [0.3, 0.4) is 0 Å². The predicted molar refractivity (Wildman–Crippen MR) is 162 cm³/mol. The first-order chi connectivity index (χ1) is 19.0. The van der Waals surface area contributed by atoms with Crippen molar-refractivity contribution in [2.24, 2.45) is 0 Å². The molecule has 1 atom stereocenters. The molecule has 0 spiro atoms. The second-order valence-corrected chi connectivity index (χ2v) is 12.5. The molecule has 0 aliphatic heterocycles. The number of benzene rings is 3. The van der Waals surface area contributed by atoms with Gasteiger partial charge in [0.25, 0.3) is 0 Å². The van der Waals surface area contributed by atoms with Gasteiger partial charge in [-0.15, -0.1) is 0 Å². The van der Waals surface area contributed by atoms with Crippen LogP contribution >= 0.6 is 0 Å². The van der Waals surface area contributed by atoms with Crippen molar-refractivity contribution in [3.63, 3.8) is 0 Å². The smallest absolute Gasteiger partial charge is 0.243 e. The molecule has 0 saturated carbocycles. The first-order valence-corrected chi connectivity index (χ1v) is 15.5. The van der Waals surface area contributed by atoms with E-state index in [0.717, 1.165) is 22.3 Å². The average molecular weight is 564 g/mol. The van der Waals surface area contributed by atoms with E-state index in [1.165, 1.54) is 10.6 Å². The van der Waals surface area contributed by atoms with Gasteiger partial charge in [-0.2, -0.15) is 0 Å². The van der Waals surface area contributed by atoms with Gasteiger partial charge in [0.05, 0.1) is 11.9 Å². The number of hydrogen-bond acceptors (Lipinski definition) is 4. The zero-order valence-corrected chi connectivity index (χ0v) is 24.9. The molecule has 0 aliphatic carbocycles. The summed E-state index contributed by atoms with van der Waals surface area (Å²) in [6.07, 6.45) is 1.97. The van der Waals surface area contributed by atoms with Gasteiger partial charge in [-0.3, -0.25) is 13.9 Å². The fourth-order valence-electron chi connectivity index (χ4n) is 4.69. The van der Waals surface area contributed by atoms with Gasteiger partial charge in [0, 0.05) is 32.0 Å². The van der Waals surface area contributed by atoms with Crippen LogP contribution in [0.2, 0.25) is 0 Å². The van der Waals surface area contributed by atoms with Gasteiger partial charge in [-0.1, -0.05) is 72.8 Å². The number of aryl methyl sites for hydroxylation is 2. The highest BCUT2D eigenvalue weighted by Gasteiger charge is 2.31. The van der Waals surface area contributed by atoms with Crippen molar-refractivity contribution < 1.29 is 18.0 Å². The number of nitrogens with zero attached hydrogens (tertiary/aromatic N) is 2. The fraction of sp³-hybridized carbons (Fsp3) is 0.375. The van der Waals surface area contributed by atoms with Crippen LogP contribution < -0.4 is 9.62 Å². The fourth-order valence-corrected chi connectivity index (χ4v) is 5.70. The van der Waals surface area contributed by atoms with E-state index in [4.69, 9.17) is 0 Å². The average Bonchev–Trinajstić information content (AvgIpc) is 2.90. The van der Waals surface area contributed by atoms with Crippen LogP contribution in [0, 0.1) is 13.8 Å². The molecule has 0 radical (unpaired) electrons. The predicted octanol–water partition coefficient (Wildman–Crippen LogP) is 5.01. The minimum atomic E-state index is -3.56. The maximum absolute atomic E-state index is 13.8. The molecule has 1 N–H and O–H groups in total. The Morgan fingerprint density at radius 3 is 2.05 bits per heavy atom. The largest absolute Gasteiger partial charge is 0.352 e. The number of sulfonamides is 1. The van der Waals surface area contributed by atoms with Crippen LogP contribution in [0.15, 0.2) is 78.9 Å². The maximum Gasteiger partial charge on any atom is 0.243 e. The van der Waals surface area contributed by atoms with E-state index in [1.807, 2.05) is 107 Å². The van der Waals surface area contributed by atoms with Gasteiger partial charge in [0.1, 0.15) is 6.04 Å². The lowest BCUT2D eigenvalue weighted by molar-refractivity contribution is -0.141. The third-order valence-electron chi connectivity index (χ3n) is 6.68. The van der Waals surface area contributed by atoms with E-state index >= 15 is 0 Å². The van der Waals surface area contributed by atoms with E-state index in [0.29, 0.717) is 18.5 Å². The maximum atomic E-state index is 13.8. The molecule has 8 heteroatoms. The van der Waals surface area contributed by atoms with Crippen LogP contribution in [0.4, 0.5) is 5.69 Å². The van der Waals surface area contributed by atoms with Gasteiger partial charge >= 0.3 is 0 Å².